The molecule has 1 rings (SSSR count). The third-order valence-corrected chi connectivity index (χ3v) is 1.69. The third kappa shape index (κ3) is 9.30. The lowest BCUT2D eigenvalue weighted by atomic mass is 10.0. The minimum atomic E-state index is 0.425. The number of allylic oxidation sites excluding steroid dienone is 1. The zero-order valence-corrected chi connectivity index (χ0v) is 11.5. The Hall–Kier alpha value is -1.26. The monoisotopic (exact) mass is 218 g/mol. The van der Waals surface area contributed by atoms with E-state index in [1.165, 1.54) is 12.0 Å². The molecule has 0 aliphatic carbocycles. The highest BCUT2D eigenvalue weighted by atomic mass is 14.0. The Morgan fingerprint density at radius 2 is 1.62 bits per heavy atom. The predicted molar refractivity (Wildman–Crippen MR) is 75.9 cm³/mol. The molecule has 90 valence electrons. The molecule has 1 aromatic carbocycles. The maximum atomic E-state index is 3.55. The first-order valence-corrected chi connectivity index (χ1v) is 6.17. The van der Waals surface area contributed by atoms with Crippen LogP contribution in [0.5, 0.6) is 0 Å². The van der Waals surface area contributed by atoms with Gasteiger partial charge in [0.2, 0.25) is 0 Å². The van der Waals surface area contributed by atoms with E-state index < -0.39 is 0 Å². The molecule has 0 N–H and O–H groups in total. The number of rotatable bonds is 2. The van der Waals surface area contributed by atoms with Crippen molar-refractivity contribution in [1.29, 1.82) is 0 Å². The van der Waals surface area contributed by atoms with Crippen LogP contribution in [0.25, 0.3) is 0 Å². The molecule has 1 atom stereocenters. The van der Waals surface area contributed by atoms with E-state index in [1.54, 1.807) is 0 Å². The Morgan fingerprint density at radius 1 is 1.19 bits per heavy atom. The highest BCUT2D eigenvalue weighted by Crippen LogP contribution is 2.14. The zero-order valence-electron chi connectivity index (χ0n) is 11.5. The molecule has 0 bridgehead atoms. The molecule has 0 spiro atoms. The standard InChI is InChI=1S/C11H12.C3H8.C2H6/c1-3-7-10(2)11-8-5-4-6-9-11;1-3-2;1-2/h4-10H,1H2,2H3;3H2,1-2H3;1-2H3. The van der Waals surface area contributed by atoms with Crippen molar-refractivity contribution in [2.45, 2.75) is 47.0 Å². The van der Waals surface area contributed by atoms with Crippen LogP contribution in [-0.4, -0.2) is 0 Å². The van der Waals surface area contributed by atoms with Crippen molar-refractivity contribution in [2.24, 2.45) is 0 Å². The first-order valence-electron chi connectivity index (χ1n) is 6.17. The second-order valence-corrected chi connectivity index (χ2v) is 3.28. The summed E-state index contributed by atoms with van der Waals surface area (Å²) in [6, 6.07) is 10.3. The minimum absolute atomic E-state index is 0.425. The summed E-state index contributed by atoms with van der Waals surface area (Å²) in [6.45, 7) is 13.9. The van der Waals surface area contributed by atoms with E-state index in [9.17, 15) is 0 Å². The summed E-state index contributed by atoms with van der Waals surface area (Å²) in [5.41, 5.74) is 4.10. The Bertz CT molecular complexity index is 265. The van der Waals surface area contributed by atoms with Crippen LogP contribution in [0.1, 0.15) is 52.5 Å². The van der Waals surface area contributed by atoms with Gasteiger partial charge < -0.3 is 0 Å². The molecular weight excluding hydrogens is 192 g/mol. The molecule has 0 heteroatoms. The quantitative estimate of drug-likeness (QED) is 0.569. The van der Waals surface area contributed by atoms with Gasteiger partial charge in [-0.3, -0.25) is 0 Å². The SMILES string of the molecule is C=C=CC(C)c1ccccc1.CC.CCC. The number of hydrogen-bond acceptors (Lipinski definition) is 0. The maximum Gasteiger partial charge on any atom is 0.00653 e. The molecule has 0 fully saturated rings. The van der Waals surface area contributed by atoms with Gasteiger partial charge in [-0.1, -0.05) is 78.0 Å². The smallest absolute Gasteiger partial charge is 0.00653 e. The minimum Gasteiger partial charge on any atom is -0.132 e. The Labute approximate surface area is 102 Å². The van der Waals surface area contributed by atoms with Crippen molar-refractivity contribution >= 4 is 0 Å². The Kier molecular flexibility index (Phi) is 14.7. The van der Waals surface area contributed by atoms with Crippen molar-refractivity contribution < 1.29 is 0 Å². The van der Waals surface area contributed by atoms with Crippen molar-refractivity contribution in [1.82, 2.24) is 0 Å². The van der Waals surface area contributed by atoms with Gasteiger partial charge in [-0.2, -0.15) is 0 Å². The first kappa shape index (κ1) is 17.1. The molecule has 0 amide bonds. The predicted octanol–water partition coefficient (Wildman–Crippen LogP) is 5.57. The summed E-state index contributed by atoms with van der Waals surface area (Å²) in [4.78, 5) is 0. The molecule has 0 heterocycles. The van der Waals surface area contributed by atoms with E-state index in [2.05, 4.69) is 45.2 Å². The molecule has 0 aliphatic rings. The van der Waals surface area contributed by atoms with Crippen LogP contribution >= 0.6 is 0 Å². The van der Waals surface area contributed by atoms with Crippen molar-refractivity contribution in [3.8, 4) is 0 Å². The summed E-state index contributed by atoms with van der Waals surface area (Å²) in [5, 5.41) is 0. The average Bonchev–Trinajstić information content (AvgIpc) is 2.34. The van der Waals surface area contributed by atoms with Gasteiger partial charge in [-0.15, -0.1) is 5.73 Å². The van der Waals surface area contributed by atoms with Crippen LogP contribution in [0.4, 0.5) is 0 Å². The van der Waals surface area contributed by atoms with Gasteiger partial charge in [0.1, 0.15) is 0 Å². The van der Waals surface area contributed by atoms with Crippen molar-refractivity contribution in [2.75, 3.05) is 0 Å². The van der Waals surface area contributed by atoms with E-state index in [0.29, 0.717) is 5.92 Å². The molecule has 0 aliphatic heterocycles. The molecular formula is C16H26. The highest BCUT2D eigenvalue weighted by Gasteiger charge is 1.97. The second-order valence-electron chi connectivity index (χ2n) is 3.28. The molecule has 16 heavy (non-hydrogen) atoms. The molecule has 0 radical (unpaired) electrons. The number of hydrogen-bond donors (Lipinski definition) is 0. The largest absolute Gasteiger partial charge is 0.132 e. The molecule has 0 saturated heterocycles. The summed E-state index contributed by atoms with van der Waals surface area (Å²) >= 11 is 0. The lowest BCUT2D eigenvalue weighted by molar-refractivity contribution is 0.970. The van der Waals surface area contributed by atoms with Gasteiger partial charge in [-0.05, 0) is 11.6 Å². The molecule has 0 aromatic heterocycles. The first-order chi connectivity index (χ1) is 7.76. The average molecular weight is 218 g/mol. The van der Waals surface area contributed by atoms with Crippen LogP contribution in [0.15, 0.2) is 48.7 Å². The van der Waals surface area contributed by atoms with Gasteiger partial charge in [0.25, 0.3) is 0 Å². The van der Waals surface area contributed by atoms with E-state index in [4.69, 9.17) is 0 Å². The normalized spacial score (nSPS) is 9.56. The summed E-state index contributed by atoms with van der Waals surface area (Å²) in [5.74, 6) is 0.425. The van der Waals surface area contributed by atoms with Crippen LogP contribution < -0.4 is 0 Å². The van der Waals surface area contributed by atoms with Gasteiger partial charge in [0.15, 0.2) is 0 Å². The van der Waals surface area contributed by atoms with Crippen molar-refractivity contribution in [3.05, 3.63) is 54.3 Å². The van der Waals surface area contributed by atoms with Gasteiger partial charge in [0.05, 0.1) is 0 Å². The van der Waals surface area contributed by atoms with E-state index in [1.807, 2.05) is 38.1 Å². The molecule has 0 nitrogen and oxygen atoms in total. The van der Waals surface area contributed by atoms with E-state index >= 15 is 0 Å². The van der Waals surface area contributed by atoms with E-state index in [0.717, 1.165) is 0 Å². The fourth-order valence-electron chi connectivity index (χ4n) is 1.03. The second kappa shape index (κ2) is 13.7. The summed E-state index contributed by atoms with van der Waals surface area (Å²) < 4.78 is 0. The van der Waals surface area contributed by atoms with Crippen LogP contribution in [0, 0.1) is 0 Å². The number of benzene rings is 1. The molecule has 0 saturated carbocycles. The lowest BCUT2D eigenvalue weighted by Gasteiger charge is -2.03. The topological polar surface area (TPSA) is 0 Å². The van der Waals surface area contributed by atoms with Gasteiger partial charge in [0, 0.05) is 5.92 Å². The summed E-state index contributed by atoms with van der Waals surface area (Å²) in [6.07, 6.45) is 3.22. The molecule has 1 aromatic rings. The van der Waals surface area contributed by atoms with Crippen LogP contribution in [-0.2, 0) is 0 Å². The lowest BCUT2D eigenvalue weighted by Crippen LogP contribution is -1.85. The van der Waals surface area contributed by atoms with Gasteiger partial charge >= 0.3 is 0 Å². The van der Waals surface area contributed by atoms with E-state index in [-0.39, 0.29) is 0 Å². The third-order valence-electron chi connectivity index (χ3n) is 1.69. The Balaban J connectivity index is 0. The zero-order chi connectivity index (χ0) is 12.8. The van der Waals surface area contributed by atoms with Crippen LogP contribution in [0.2, 0.25) is 0 Å². The van der Waals surface area contributed by atoms with Gasteiger partial charge in [-0.25, -0.2) is 0 Å². The fourth-order valence-corrected chi connectivity index (χ4v) is 1.03. The van der Waals surface area contributed by atoms with Crippen molar-refractivity contribution in [3.63, 3.8) is 0 Å². The van der Waals surface area contributed by atoms with Crippen LogP contribution in [0.3, 0.4) is 0 Å². The maximum absolute atomic E-state index is 3.55. The summed E-state index contributed by atoms with van der Waals surface area (Å²) in [7, 11) is 0. The fraction of sp³-hybridized carbons (Fsp3) is 0.438. The Morgan fingerprint density at radius 3 is 2.00 bits per heavy atom. The molecule has 1 unspecified atom stereocenters. The highest BCUT2D eigenvalue weighted by molar-refractivity contribution is 5.22.